The van der Waals surface area contributed by atoms with Crippen molar-refractivity contribution in [3.63, 3.8) is 0 Å². The molecule has 0 amide bonds. The molecule has 0 atom stereocenters. The molecule has 0 N–H and O–H groups in total. The number of thiol groups is 1. The minimum atomic E-state index is -0.101. The molecule has 0 aliphatic carbocycles. The number of hydrogen-bond donors (Lipinski definition) is 1. The summed E-state index contributed by atoms with van der Waals surface area (Å²) in [4.78, 5) is 0. The van der Waals surface area contributed by atoms with Gasteiger partial charge < -0.3 is 9.47 Å². The average molecular weight is 238 g/mol. The molecule has 2 nitrogen and oxygen atoms in total. The SMILES string of the molecule is COc1ccc(C2(S)COC2)cc1C(C)C. The Morgan fingerprint density at radius 3 is 2.50 bits per heavy atom. The van der Waals surface area contributed by atoms with Gasteiger partial charge in [-0.15, -0.1) is 0 Å². The highest BCUT2D eigenvalue weighted by molar-refractivity contribution is 7.81. The van der Waals surface area contributed by atoms with Crippen molar-refractivity contribution in [1.82, 2.24) is 0 Å². The highest BCUT2D eigenvalue weighted by Crippen LogP contribution is 2.39. The maximum Gasteiger partial charge on any atom is 0.122 e. The van der Waals surface area contributed by atoms with E-state index in [0.717, 1.165) is 5.75 Å². The van der Waals surface area contributed by atoms with Crippen LogP contribution in [0.4, 0.5) is 0 Å². The summed E-state index contributed by atoms with van der Waals surface area (Å²) in [6, 6.07) is 6.31. The molecule has 3 heteroatoms. The van der Waals surface area contributed by atoms with Crippen molar-refractivity contribution in [2.75, 3.05) is 20.3 Å². The third kappa shape index (κ3) is 1.94. The molecule has 88 valence electrons. The Labute approximate surface area is 102 Å². The molecule has 0 unspecified atom stereocenters. The summed E-state index contributed by atoms with van der Waals surface area (Å²) in [6.07, 6.45) is 0. The summed E-state index contributed by atoms with van der Waals surface area (Å²) < 4.78 is 10.5. The molecule has 1 saturated heterocycles. The molecular formula is C13H18O2S. The standard InChI is InChI=1S/C13H18O2S/c1-9(2)11-6-10(4-5-12(11)14-3)13(16)7-15-8-13/h4-6,9,16H,7-8H2,1-3H3. The Bertz CT molecular complexity index is 384. The van der Waals surface area contributed by atoms with Crippen molar-refractivity contribution in [3.8, 4) is 5.75 Å². The van der Waals surface area contributed by atoms with E-state index in [-0.39, 0.29) is 4.75 Å². The van der Waals surface area contributed by atoms with Gasteiger partial charge in [0.25, 0.3) is 0 Å². The highest BCUT2D eigenvalue weighted by atomic mass is 32.1. The van der Waals surface area contributed by atoms with Crippen molar-refractivity contribution in [2.45, 2.75) is 24.5 Å². The first-order chi connectivity index (χ1) is 7.57. The molecule has 0 spiro atoms. The minimum Gasteiger partial charge on any atom is -0.496 e. The van der Waals surface area contributed by atoms with Crippen LogP contribution in [0.3, 0.4) is 0 Å². The largest absolute Gasteiger partial charge is 0.496 e. The molecule has 0 radical (unpaired) electrons. The number of rotatable bonds is 3. The van der Waals surface area contributed by atoms with Gasteiger partial charge in [-0.3, -0.25) is 0 Å². The predicted molar refractivity (Wildman–Crippen MR) is 68.6 cm³/mol. The summed E-state index contributed by atoms with van der Waals surface area (Å²) in [6.45, 7) is 5.73. The molecule has 2 rings (SSSR count). The van der Waals surface area contributed by atoms with Gasteiger partial charge in [-0.25, -0.2) is 0 Å². The Balaban J connectivity index is 2.38. The molecule has 1 aromatic carbocycles. The second-order valence-electron chi connectivity index (χ2n) is 4.64. The molecule has 0 bridgehead atoms. The molecule has 0 saturated carbocycles. The molecule has 1 aliphatic heterocycles. The summed E-state index contributed by atoms with van der Waals surface area (Å²) in [5, 5.41) is 0. The lowest BCUT2D eigenvalue weighted by Crippen LogP contribution is -2.41. The van der Waals surface area contributed by atoms with Gasteiger partial charge in [0.2, 0.25) is 0 Å². The Hall–Kier alpha value is -0.670. The zero-order valence-corrected chi connectivity index (χ0v) is 10.9. The van der Waals surface area contributed by atoms with Gasteiger partial charge in [0, 0.05) is 0 Å². The smallest absolute Gasteiger partial charge is 0.122 e. The second-order valence-corrected chi connectivity index (χ2v) is 5.49. The Morgan fingerprint density at radius 2 is 2.06 bits per heavy atom. The van der Waals surface area contributed by atoms with Crippen LogP contribution in [0.5, 0.6) is 5.75 Å². The van der Waals surface area contributed by atoms with Crippen LogP contribution in [-0.2, 0) is 9.48 Å². The van der Waals surface area contributed by atoms with E-state index in [2.05, 4.69) is 38.6 Å². The number of ether oxygens (including phenoxy) is 2. The van der Waals surface area contributed by atoms with Crippen molar-refractivity contribution >= 4 is 12.6 Å². The van der Waals surface area contributed by atoms with Gasteiger partial charge in [-0.2, -0.15) is 12.6 Å². The van der Waals surface area contributed by atoms with Crippen LogP contribution >= 0.6 is 12.6 Å². The van der Waals surface area contributed by atoms with E-state index in [0.29, 0.717) is 19.1 Å². The summed E-state index contributed by atoms with van der Waals surface area (Å²) in [5.41, 5.74) is 2.46. The van der Waals surface area contributed by atoms with Gasteiger partial charge in [-0.1, -0.05) is 26.0 Å². The molecule has 1 aromatic rings. The lowest BCUT2D eigenvalue weighted by Gasteiger charge is -2.38. The molecule has 1 aliphatic rings. The number of benzene rings is 1. The zero-order valence-electron chi connectivity index (χ0n) is 9.99. The van der Waals surface area contributed by atoms with E-state index in [4.69, 9.17) is 9.47 Å². The molecule has 1 heterocycles. The third-order valence-corrected chi connectivity index (χ3v) is 3.59. The first kappa shape index (κ1) is 11.8. The van der Waals surface area contributed by atoms with E-state index in [9.17, 15) is 0 Å². The van der Waals surface area contributed by atoms with Crippen molar-refractivity contribution < 1.29 is 9.47 Å². The van der Waals surface area contributed by atoms with E-state index in [1.807, 2.05) is 6.07 Å². The summed E-state index contributed by atoms with van der Waals surface area (Å²) >= 11 is 4.68. The first-order valence-electron chi connectivity index (χ1n) is 5.55. The normalized spacial score (nSPS) is 18.3. The molecular weight excluding hydrogens is 220 g/mol. The van der Waals surface area contributed by atoms with Gasteiger partial charge >= 0.3 is 0 Å². The fourth-order valence-electron chi connectivity index (χ4n) is 1.94. The average Bonchev–Trinajstić information content (AvgIpc) is 2.25. The van der Waals surface area contributed by atoms with E-state index in [1.54, 1.807) is 7.11 Å². The first-order valence-corrected chi connectivity index (χ1v) is 6.00. The number of methoxy groups -OCH3 is 1. The Kier molecular flexibility index (Phi) is 3.17. The zero-order chi connectivity index (χ0) is 11.8. The van der Waals surface area contributed by atoms with Crippen LogP contribution < -0.4 is 4.74 Å². The van der Waals surface area contributed by atoms with Crippen molar-refractivity contribution in [2.24, 2.45) is 0 Å². The van der Waals surface area contributed by atoms with E-state index in [1.165, 1.54) is 11.1 Å². The number of hydrogen-bond acceptors (Lipinski definition) is 3. The lowest BCUT2D eigenvalue weighted by atomic mass is 9.91. The Morgan fingerprint density at radius 1 is 1.38 bits per heavy atom. The predicted octanol–water partition coefficient (Wildman–Crippen LogP) is 2.97. The minimum absolute atomic E-state index is 0.101. The molecule has 0 aromatic heterocycles. The van der Waals surface area contributed by atoms with Crippen LogP contribution in [0.25, 0.3) is 0 Å². The monoisotopic (exact) mass is 238 g/mol. The van der Waals surface area contributed by atoms with Gasteiger partial charge in [0.1, 0.15) is 5.75 Å². The van der Waals surface area contributed by atoms with Crippen LogP contribution in [0.15, 0.2) is 18.2 Å². The second kappa shape index (κ2) is 4.30. The van der Waals surface area contributed by atoms with Gasteiger partial charge in [0.15, 0.2) is 0 Å². The maximum atomic E-state index is 5.37. The van der Waals surface area contributed by atoms with Crippen LogP contribution in [0.1, 0.15) is 30.9 Å². The summed E-state index contributed by atoms with van der Waals surface area (Å²) in [7, 11) is 1.71. The van der Waals surface area contributed by atoms with E-state index < -0.39 is 0 Å². The quantitative estimate of drug-likeness (QED) is 0.816. The topological polar surface area (TPSA) is 18.5 Å². The van der Waals surface area contributed by atoms with E-state index >= 15 is 0 Å². The van der Waals surface area contributed by atoms with Crippen LogP contribution in [0.2, 0.25) is 0 Å². The van der Waals surface area contributed by atoms with Crippen LogP contribution in [-0.4, -0.2) is 20.3 Å². The lowest BCUT2D eigenvalue weighted by molar-refractivity contribution is -0.00974. The van der Waals surface area contributed by atoms with Gasteiger partial charge in [-0.05, 0) is 23.1 Å². The molecule has 16 heavy (non-hydrogen) atoms. The fourth-order valence-corrected chi connectivity index (χ4v) is 2.26. The van der Waals surface area contributed by atoms with Crippen molar-refractivity contribution in [3.05, 3.63) is 29.3 Å². The molecule has 1 fully saturated rings. The van der Waals surface area contributed by atoms with Crippen molar-refractivity contribution in [1.29, 1.82) is 0 Å². The maximum absolute atomic E-state index is 5.37. The highest BCUT2D eigenvalue weighted by Gasteiger charge is 2.36. The van der Waals surface area contributed by atoms with Gasteiger partial charge in [0.05, 0.1) is 25.1 Å². The third-order valence-electron chi connectivity index (χ3n) is 3.07. The summed E-state index contributed by atoms with van der Waals surface area (Å²) in [5.74, 6) is 1.41. The fraction of sp³-hybridized carbons (Fsp3) is 0.538. The van der Waals surface area contributed by atoms with Crippen LogP contribution in [0, 0.1) is 0 Å².